The Morgan fingerprint density at radius 3 is 2.82 bits per heavy atom. The number of hydrogen-bond acceptors (Lipinski definition) is 4. The number of ether oxygens (including phenoxy) is 1. The van der Waals surface area contributed by atoms with E-state index in [4.69, 9.17) is 4.74 Å². The summed E-state index contributed by atoms with van der Waals surface area (Å²) in [5.41, 5.74) is -0.0200. The summed E-state index contributed by atoms with van der Waals surface area (Å²) >= 11 is 7.40. The number of nitro groups is 1. The van der Waals surface area contributed by atoms with Gasteiger partial charge in [-0.15, -0.1) is 0 Å². The number of rotatable bonds is 6. The van der Waals surface area contributed by atoms with E-state index in [9.17, 15) is 10.1 Å². The van der Waals surface area contributed by atoms with Crippen molar-refractivity contribution >= 4 is 34.2 Å². The maximum atomic E-state index is 10.8. The summed E-state index contributed by atoms with van der Waals surface area (Å²) in [4.78, 5) is 10.4. The van der Waals surface area contributed by atoms with E-state index < -0.39 is 4.92 Å². The first-order valence-corrected chi connectivity index (χ1v) is 6.68. The van der Waals surface area contributed by atoms with Crippen LogP contribution in [-0.2, 0) is 0 Å². The lowest BCUT2D eigenvalue weighted by Gasteiger charge is -2.13. The van der Waals surface area contributed by atoms with Gasteiger partial charge < -0.3 is 4.74 Å². The summed E-state index contributed by atoms with van der Waals surface area (Å²) in [6.45, 7) is 2.49. The van der Waals surface area contributed by atoms with Gasteiger partial charge in [-0.3, -0.25) is 10.1 Å². The molecule has 0 fully saturated rings. The van der Waals surface area contributed by atoms with Crippen molar-refractivity contribution in [3.63, 3.8) is 0 Å². The fourth-order valence-corrected chi connectivity index (χ4v) is 1.98. The Labute approximate surface area is 114 Å². The number of hydrogen-bond donors (Lipinski definition) is 1. The minimum absolute atomic E-state index is 0.0200. The monoisotopic (exact) mass is 319 g/mol. The molecule has 1 aromatic carbocycles. The average molecular weight is 320 g/mol. The van der Waals surface area contributed by atoms with Gasteiger partial charge in [-0.2, -0.15) is 12.6 Å². The van der Waals surface area contributed by atoms with Crippen molar-refractivity contribution in [1.29, 1.82) is 0 Å². The summed E-state index contributed by atoms with van der Waals surface area (Å²) in [6.07, 6.45) is 0.938. The zero-order chi connectivity index (χ0) is 12.8. The Morgan fingerprint density at radius 2 is 2.29 bits per heavy atom. The Morgan fingerprint density at radius 1 is 1.59 bits per heavy atom. The third kappa shape index (κ3) is 4.20. The maximum Gasteiger partial charge on any atom is 0.312 e. The highest BCUT2D eigenvalue weighted by Gasteiger charge is 2.16. The third-order valence-electron chi connectivity index (χ3n) is 2.43. The van der Waals surface area contributed by atoms with Crippen LogP contribution in [0.15, 0.2) is 22.7 Å². The molecule has 0 amide bonds. The van der Waals surface area contributed by atoms with E-state index >= 15 is 0 Å². The van der Waals surface area contributed by atoms with Crippen molar-refractivity contribution in [2.45, 2.75) is 13.3 Å². The normalized spacial score (nSPS) is 12.2. The molecule has 0 heterocycles. The minimum Gasteiger partial charge on any atom is -0.486 e. The second kappa shape index (κ2) is 6.86. The van der Waals surface area contributed by atoms with Crippen LogP contribution in [-0.4, -0.2) is 17.3 Å². The molecule has 1 rings (SSSR count). The number of benzene rings is 1. The molecule has 4 nitrogen and oxygen atoms in total. The van der Waals surface area contributed by atoms with Crippen LogP contribution in [0.1, 0.15) is 13.3 Å². The molecule has 94 valence electrons. The predicted octanol–water partition coefficient (Wildman–Crippen LogP) is 3.69. The highest BCUT2D eigenvalue weighted by molar-refractivity contribution is 9.10. The van der Waals surface area contributed by atoms with E-state index in [-0.39, 0.29) is 5.69 Å². The quantitative estimate of drug-likeness (QED) is 0.494. The van der Waals surface area contributed by atoms with Gasteiger partial charge in [-0.05, 0) is 24.3 Å². The van der Waals surface area contributed by atoms with Crippen molar-refractivity contribution < 1.29 is 9.66 Å². The summed E-state index contributed by atoms with van der Waals surface area (Å²) in [5.74, 6) is 1.32. The molecule has 0 saturated carbocycles. The molecule has 1 aromatic rings. The predicted molar refractivity (Wildman–Crippen MR) is 73.9 cm³/mol. The van der Waals surface area contributed by atoms with E-state index in [1.54, 1.807) is 12.1 Å². The van der Waals surface area contributed by atoms with Crippen LogP contribution in [0.3, 0.4) is 0 Å². The third-order valence-corrected chi connectivity index (χ3v) is 3.44. The molecule has 0 aliphatic carbocycles. The fraction of sp³-hybridized carbons (Fsp3) is 0.455. The van der Waals surface area contributed by atoms with Crippen molar-refractivity contribution in [3.8, 4) is 5.75 Å². The van der Waals surface area contributed by atoms with Gasteiger partial charge in [-0.25, -0.2) is 0 Å². The van der Waals surface area contributed by atoms with Crippen LogP contribution < -0.4 is 4.74 Å². The van der Waals surface area contributed by atoms with Gasteiger partial charge in [-0.1, -0.05) is 22.9 Å². The number of thiol groups is 1. The van der Waals surface area contributed by atoms with E-state index in [0.717, 1.165) is 6.42 Å². The largest absolute Gasteiger partial charge is 0.486 e. The van der Waals surface area contributed by atoms with Gasteiger partial charge in [0.2, 0.25) is 0 Å². The van der Waals surface area contributed by atoms with Gasteiger partial charge in [0.1, 0.15) is 0 Å². The Bertz CT molecular complexity index is 396. The highest BCUT2D eigenvalue weighted by Crippen LogP contribution is 2.30. The molecule has 0 saturated heterocycles. The number of halogens is 1. The molecule has 0 aliphatic heterocycles. The van der Waals surface area contributed by atoms with Crippen molar-refractivity contribution in [1.82, 2.24) is 0 Å². The van der Waals surface area contributed by atoms with Crippen LogP contribution in [0, 0.1) is 16.0 Å². The van der Waals surface area contributed by atoms with Crippen LogP contribution in [0.25, 0.3) is 0 Å². The molecule has 0 bridgehead atoms. The molecule has 0 aliphatic rings. The molecule has 0 N–H and O–H groups in total. The molecule has 1 unspecified atom stereocenters. The lowest BCUT2D eigenvalue weighted by atomic mass is 10.1. The molecule has 0 aromatic heterocycles. The summed E-state index contributed by atoms with van der Waals surface area (Å²) in [5, 5.41) is 10.8. The van der Waals surface area contributed by atoms with E-state index in [0.29, 0.717) is 28.5 Å². The second-order valence-corrected chi connectivity index (χ2v) is 4.92. The first-order chi connectivity index (χ1) is 8.08. The zero-order valence-corrected chi connectivity index (χ0v) is 11.9. The summed E-state index contributed by atoms with van der Waals surface area (Å²) in [7, 11) is 0. The lowest BCUT2D eigenvalue weighted by molar-refractivity contribution is -0.386. The van der Waals surface area contributed by atoms with E-state index in [1.807, 2.05) is 6.92 Å². The van der Waals surface area contributed by atoms with Crippen molar-refractivity contribution in [3.05, 3.63) is 32.8 Å². The second-order valence-electron chi connectivity index (χ2n) is 3.64. The number of nitrogens with zero attached hydrogens (tertiary/aromatic N) is 1. The maximum absolute atomic E-state index is 10.8. The van der Waals surface area contributed by atoms with Gasteiger partial charge in [0.05, 0.1) is 11.5 Å². The molecule has 0 spiro atoms. The van der Waals surface area contributed by atoms with Crippen LogP contribution >= 0.6 is 28.6 Å². The first-order valence-electron chi connectivity index (χ1n) is 5.26. The molecule has 6 heteroatoms. The van der Waals surface area contributed by atoms with Crippen molar-refractivity contribution in [2.24, 2.45) is 5.92 Å². The zero-order valence-electron chi connectivity index (χ0n) is 9.43. The van der Waals surface area contributed by atoms with Crippen LogP contribution in [0.2, 0.25) is 0 Å². The molecule has 0 radical (unpaired) electrons. The standard InChI is InChI=1S/C11H14BrNO3S/c1-2-8(7-17)6-16-11-4-3-9(12)5-10(11)13(14)15/h3-5,8,17H,2,6-7H2,1H3. The van der Waals surface area contributed by atoms with Gasteiger partial charge in [0, 0.05) is 16.5 Å². The van der Waals surface area contributed by atoms with E-state index in [2.05, 4.69) is 28.6 Å². The summed E-state index contributed by atoms with van der Waals surface area (Å²) < 4.78 is 6.15. The van der Waals surface area contributed by atoms with E-state index in [1.165, 1.54) is 6.07 Å². The lowest BCUT2D eigenvalue weighted by Crippen LogP contribution is -2.13. The molecular formula is C11H14BrNO3S. The van der Waals surface area contributed by atoms with Crippen LogP contribution in [0.4, 0.5) is 5.69 Å². The molecular weight excluding hydrogens is 306 g/mol. The Balaban J connectivity index is 2.80. The van der Waals surface area contributed by atoms with Gasteiger partial charge in [0.15, 0.2) is 5.75 Å². The first kappa shape index (κ1) is 14.3. The van der Waals surface area contributed by atoms with Crippen molar-refractivity contribution in [2.75, 3.05) is 12.4 Å². The molecule has 1 atom stereocenters. The average Bonchev–Trinajstić information content (AvgIpc) is 2.31. The summed E-state index contributed by atoms with van der Waals surface area (Å²) in [6, 6.07) is 4.77. The Hall–Kier alpha value is -0.750. The molecule has 17 heavy (non-hydrogen) atoms. The highest BCUT2D eigenvalue weighted by atomic mass is 79.9. The SMILES string of the molecule is CCC(CS)COc1ccc(Br)cc1[N+](=O)[O-]. The fourth-order valence-electron chi connectivity index (χ4n) is 1.26. The Kier molecular flexibility index (Phi) is 5.77. The van der Waals surface area contributed by atoms with Gasteiger partial charge in [0.25, 0.3) is 0 Å². The minimum atomic E-state index is -0.443. The number of nitro benzene ring substituents is 1. The smallest absolute Gasteiger partial charge is 0.312 e. The topological polar surface area (TPSA) is 52.4 Å². The van der Waals surface area contributed by atoms with Crippen LogP contribution in [0.5, 0.6) is 5.75 Å². The van der Waals surface area contributed by atoms with Gasteiger partial charge >= 0.3 is 5.69 Å².